The van der Waals surface area contributed by atoms with Crippen molar-refractivity contribution in [2.24, 2.45) is 10.7 Å². The van der Waals surface area contributed by atoms with Gasteiger partial charge < -0.3 is 25.0 Å². The molecule has 39 heavy (non-hydrogen) atoms. The largest absolute Gasteiger partial charge is 0.508 e. The van der Waals surface area contributed by atoms with Gasteiger partial charge in [0.2, 0.25) is 11.8 Å². The summed E-state index contributed by atoms with van der Waals surface area (Å²) in [6.07, 6.45) is 4.92. The number of primary amides is 1. The zero-order chi connectivity index (χ0) is 27.9. The first-order chi connectivity index (χ1) is 18.7. The van der Waals surface area contributed by atoms with E-state index in [1.165, 1.54) is 29.3 Å². The van der Waals surface area contributed by atoms with Gasteiger partial charge in [-0.15, -0.1) is 0 Å². The molecule has 2 aliphatic rings. The number of benzene rings is 1. The molecule has 4 unspecified atom stereocenters. The van der Waals surface area contributed by atoms with Crippen LogP contribution in [-0.4, -0.2) is 78.9 Å². The highest BCUT2D eigenvalue weighted by atomic mass is 32.2. The van der Waals surface area contributed by atoms with E-state index in [2.05, 4.69) is 9.98 Å². The molecule has 12 heteroatoms. The van der Waals surface area contributed by atoms with Crippen LogP contribution in [0.1, 0.15) is 47.2 Å². The van der Waals surface area contributed by atoms with E-state index >= 15 is 4.39 Å². The molecule has 0 aliphatic carbocycles. The van der Waals surface area contributed by atoms with Gasteiger partial charge in [0.05, 0.1) is 24.8 Å². The molecule has 1 fully saturated rings. The fourth-order valence-corrected chi connectivity index (χ4v) is 5.03. The summed E-state index contributed by atoms with van der Waals surface area (Å²) in [4.78, 5) is 35.1. The van der Waals surface area contributed by atoms with E-state index in [9.17, 15) is 18.9 Å². The number of hydrogen-bond acceptors (Lipinski definition) is 7. The smallest absolute Gasteiger partial charge is 0.254 e. The molecule has 2 aromatic rings. The van der Waals surface area contributed by atoms with E-state index in [-0.39, 0.29) is 60.8 Å². The van der Waals surface area contributed by atoms with E-state index < -0.39 is 29.3 Å². The second-order valence-corrected chi connectivity index (χ2v) is 10.6. The monoisotopic (exact) mass is 558 g/mol. The number of aliphatic imine (C=N–C) groups is 1. The molecule has 4 atom stereocenters. The number of nitrogens with two attached hydrogens (primary N) is 1. The lowest BCUT2D eigenvalue weighted by molar-refractivity contribution is -0.134. The number of phenols is 1. The molecular weight excluding hydrogens is 527 g/mol. The molecule has 10 nitrogen and oxygen atoms in total. The number of halogens is 1. The Bertz CT molecular complexity index is 1290. The number of hydrogen-bond donors (Lipinski definition) is 3. The molecule has 4 N–H and O–H groups in total. The molecule has 2 aliphatic heterocycles. The second kappa shape index (κ2) is 12.9. The first kappa shape index (κ1) is 28.4. The van der Waals surface area contributed by atoms with Crippen LogP contribution in [0.2, 0.25) is 0 Å². The third-order valence-electron chi connectivity index (χ3n) is 6.75. The molecule has 1 saturated heterocycles. The molecule has 0 saturated carbocycles. The highest BCUT2D eigenvalue weighted by molar-refractivity contribution is 7.79. The van der Waals surface area contributed by atoms with Crippen molar-refractivity contribution in [3.05, 3.63) is 59.3 Å². The van der Waals surface area contributed by atoms with Gasteiger partial charge in [-0.1, -0.05) is 18.2 Å². The summed E-state index contributed by atoms with van der Waals surface area (Å²) in [5, 5.41) is 9.40. The lowest BCUT2D eigenvalue weighted by Crippen LogP contribution is -2.49. The van der Waals surface area contributed by atoms with Crippen molar-refractivity contribution in [1.29, 1.82) is 0 Å². The number of piperidine rings is 1. The van der Waals surface area contributed by atoms with Gasteiger partial charge in [-0.2, -0.15) is 0 Å². The minimum absolute atomic E-state index is 0.0105. The number of carbonyl (C=O) groups is 2. The molecule has 0 bridgehead atoms. The van der Waals surface area contributed by atoms with Crippen LogP contribution in [0.4, 0.5) is 4.39 Å². The van der Waals surface area contributed by atoms with E-state index in [4.69, 9.17) is 15.0 Å². The van der Waals surface area contributed by atoms with Crippen LogP contribution in [0.3, 0.4) is 0 Å². The number of aromatic nitrogens is 1. The minimum Gasteiger partial charge on any atom is -0.508 e. The first-order valence-corrected chi connectivity index (χ1v) is 13.9. The molecular formula is C27H31FN4O6S. The number of amides is 2. The molecule has 0 spiro atoms. The lowest BCUT2D eigenvalue weighted by atomic mass is 10.0. The average Bonchev–Trinajstić information content (AvgIpc) is 3.16. The summed E-state index contributed by atoms with van der Waals surface area (Å²) in [6, 6.07) is 7.73. The number of ether oxygens (including phenoxy) is 1. The van der Waals surface area contributed by atoms with Crippen LogP contribution in [0.25, 0.3) is 5.57 Å². The maximum Gasteiger partial charge on any atom is 0.254 e. The summed E-state index contributed by atoms with van der Waals surface area (Å²) >= 11 is -1.87. The van der Waals surface area contributed by atoms with Crippen molar-refractivity contribution in [2.75, 3.05) is 18.8 Å². The van der Waals surface area contributed by atoms with Crippen LogP contribution in [0.15, 0.2) is 47.6 Å². The molecule has 2 amide bonds. The lowest BCUT2D eigenvalue weighted by Gasteiger charge is -2.34. The zero-order valence-corrected chi connectivity index (χ0v) is 22.1. The van der Waals surface area contributed by atoms with Gasteiger partial charge in [0, 0.05) is 30.9 Å². The fourth-order valence-electron chi connectivity index (χ4n) is 4.56. The standard InChI is InChI=1S/C27H31FN4O6S/c28-23-16-32(25(34)12-17-4-6-21(33)7-5-17)10-8-24(23)38-27-22(26(29)35)13-19(15-31-27)18-2-1-3-20(30-14-18)9-11-39(36)37/h2,4-7,13-15,20,23-24,33H,1,3,8-12,16H2,(H2,29,35)(H,36,37). The minimum atomic E-state index is -1.87. The predicted octanol–water partition coefficient (Wildman–Crippen LogP) is 2.68. The Kier molecular flexibility index (Phi) is 9.41. The van der Waals surface area contributed by atoms with Crippen molar-refractivity contribution in [1.82, 2.24) is 9.88 Å². The molecule has 0 radical (unpaired) electrons. The highest BCUT2D eigenvalue weighted by Gasteiger charge is 2.34. The van der Waals surface area contributed by atoms with Crippen LogP contribution in [0, 0.1) is 0 Å². The Morgan fingerprint density at radius 3 is 2.69 bits per heavy atom. The van der Waals surface area contributed by atoms with Crippen LogP contribution in [-0.2, 0) is 22.3 Å². The zero-order valence-electron chi connectivity index (χ0n) is 21.2. The van der Waals surface area contributed by atoms with Crippen molar-refractivity contribution < 1.29 is 32.6 Å². The highest BCUT2D eigenvalue weighted by Crippen LogP contribution is 2.27. The SMILES string of the molecule is NC(=O)c1cc(C2=CCCC(CCS(=O)O)N=C2)cnc1OC1CCN(C(=O)Cc2ccc(O)cc2)CC1F. The van der Waals surface area contributed by atoms with Gasteiger partial charge >= 0.3 is 0 Å². The summed E-state index contributed by atoms with van der Waals surface area (Å²) in [6.45, 7) is 0.125. The number of aromatic hydroxyl groups is 1. The molecule has 1 aromatic carbocycles. The van der Waals surface area contributed by atoms with Gasteiger partial charge in [0.15, 0.2) is 17.3 Å². The average molecular weight is 559 g/mol. The number of nitrogens with zero attached hydrogens (tertiary/aromatic N) is 3. The maximum absolute atomic E-state index is 15.1. The first-order valence-electron chi connectivity index (χ1n) is 12.7. The van der Waals surface area contributed by atoms with Gasteiger partial charge in [-0.3, -0.25) is 14.6 Å². The topological polar surface area (TPSA) is 155 Å². The predicted molar refractivity (Wildman–Crippen MR) is 145 cm³/mol. The van der Waals surface area contributed by atoms with E-state index in [0.29, 0.717) is 24.0 Å². The van der Waals surface area contributed by atoms with Crippen molar-refractivity contribution >= 4 is 34.7 Å². The Morgan fingerprint density at radius 1 is 1.23 bits per heavy atom. The van der Waals surface area contributed by atoms with Gasteiger partial charge in [-0.25, -0.2) is 13.6 Å². The normalized spacial score (nSPS) is 22.1. The number of likely N-dealkylation sites (tertiary alicyclic amines) is 1. The van der Waals surface area contributed by atoms with Crippen molar-refractivity contribution in [3.63, 3.8) is 0 Å². The number of allylic oxidation sites excluding steroid dienone is 2. The maximum atomic E-state index is 15.1. The summed E-state index contributed by atoms with van der Waals surface area (Å²) in [5.41, 5.74) is 7.64. The second-order valence-electron chi connectivity index (χ2n) is 9.57. The third-order valence-corrected chi connectivity index (χ3v) is 7.34. The van der Waals surface area contributed by atoms with E-state index in [0.717, 1.165) is 12.0 Å². The van der Waals surface area contributed by atoms with Gasteiger partial charge in [-0.05, 0) is 48.6 Å². The summed E-state index contributed by atoms with van der Waals surface area (Å²) in [7, 11) is 0. The van der Waals surface area contributed by atoms with Gasteiger partial charge in [0.25, 0.3) is 5.91 Å². The molecule has 1 aromatic heterocycles. The summed E-state index contributed by atoms with van der Waals surface area (Å²) in [5.74, 6) is -0.820. The fraction of sp³-hybridized carbons (Fsp3) is 0.407. The Balaban J connectivity index is 1.40. The van der Waals surface area contributed by atoms with Gasteiger partial charge in [0.1, 0.15) is 17.4 Å². The van der Waals surface area contributed by atoms with E-state index in [1.54, 1.807) is 18.3 Å². The van der Waals surface area contributed by atoms with Crippen LogP contribution >= 0.6 is 0 Å². The number of carbonyl (C=O) groups excluding carboxylic acids is 2. The van der Waals surface area contributed by atoms with Crippen molar-refractivity contribution in [3.8, 4) is 11.6 Å². The number of phenolic OH excluding ortho intramolecular Hbond substituents is 1. The quantitative estimate of drug-likeness (QED) is 0.400. The van der Waals surface area contributed by atoms with Crippen LogP contribution in [0.5, 0.6) is 11.6 Å². The van der Waals surface area contributed by atoms with E-state index in [1.807, 2.05) is 6.08 Å². The molecule has 3 heterocycles. The number of pyridine rings is 1. The van der Waals surface area contributed by atoms with Crippen LogP contribution < -0.4 is 10.5 Å². The number of rotatable bonds is 9. The Hall–Kier alpha value is -3.64. The van der Waals surface area contributed by atoms with Crippen molar-refractivity contribution in [2.45, 2.75) is 50.4 Å². The molecule has 4 rings (SSSR count). The Morgan fingerprint density at radius 2 is 2.00 bits per heavy atom. The Labute approximate surface area is 228 Å². The third kappa shape index (κ3) is 7.70. The number of alkyl halides is 1. The molecule has 208 valence electrons. The summed E-state index contributed by atoms with van der Waals surface area (Å²) < 4.78 is 40.9.